The predicted molar refractivity (Wildman–Crippen MR) is 66.8 cm³/mol. The van der Waals surface area contributed by atoms with Gasteiger partial charge in [0.15, 0.2) is 5.78 Å². The van der Waals surface area contributed by atoms with Crippen molar-refractivity contribution in [3.8, 4) is 5.75 Å². The summed E-state index contributed by atoms with van der Waals surface area (Å²) >= 11 is 5.58. The Labute approximate surface area is 102 Å². The molecule has 0 saturated carbocycles. The first kappa shape index (κ1) is 13.0. The summed E-state index contributed by atoms with van der Waals surface area (Å²) in [6, 6.07) is 3.78. The lowest BCUT2D eigenvalue weighted by Gasteiger charge is -2.12. The van der Waals surface area contributed by atoms with E-state index in [-0.39, 0.29) is 5.78 Å². The number of ether oxygens (including phenoxy) is 1. The van der Waals surface area contributed by atoms with E-state index in [1.165, 1.54) is 0 Å². The number of rotatable bonds is 5. The summed E-state index contributed by atoms with van der Waals surface area (Å²) in [5, 5.41) is 0. The maximum absolute atomic E-state index is 11.9. The molecule has 1 aromatic carbocycles. The molecule has 0 bridgehead atoms. The van der Waals surface area contributed by atoms with Crippen LogP contribution in [0.25, 0.3) is 0 Å². The van der Waals surface area contributed by atoms with Crippen molar-refractivity contribution in [2.75, 3.05) is 13.0 Å². The van der Waals surface area contributed by atoms with Crippen LogP contribution in [0, 0.1) is 13.8 Å². The topological polar surface area (TPSA) is 26.3 Å². The van der Waals surface area contributed by atoms with Gasteiger partial charge in [0.1, 0.15) is 5.75 Å². The van der Waals surface area contributed by atoms with Crippen molar-refractivity contribution < 1.29 is 9.53 Å². The van der Waals surface area contributed by atoms with Crippen LogP contribution in [0.4, 0.5) is 0 Å². The van der Waals surface area contributed by atoms with Crippen LogP contribution in [0.15, 0.2) is 12.1 Å². The zero-order chi connectivity index (χ0) is 12.1. The smallest absolute Gasteiger partial charge is 0.166 e. The molecule has 0 fully saturated rings. The van der Waals surface area contributed by atoms with E-state index in [0.29, 0.717) is 30.0 Å². The summed E-state index contributed by atoms with van der Waals surface area (Å²) in [5.41, 5.74) is 2.82. The maximum atomic E-state index is 11.9. The third kappa shape index (κ3) is 2.76. The van der Waals surface area contributed by atoms with Gasteiger partial charge in [-0.25, -0.2) is 0 Å². The Kier molecular flexibility index (Phi) is 4.81. The maximum Gasteiger partial charge on any atom is 0.166 e. The van der Waals surface area contributed by atoms with E-state index in [4.69, 9.17) is 16.3 Å². The standard InChI is InChI=1S/C13H17ClO2/c1-9-6-7-11(12(15)5-4-8-14)13(16-3)10(9)2/h6-7H,4-5,8H2,1-3H3. The Morgan fingerprint density at radius 3 is 2.62 bits per heavy atom. The second-order valence-corrected chi connectivity index (χ2v) is 4.18. The average Bonchev–Trinajstić information content (AvgIpc) is 2.29. The number of halogens is 1. The molecule has 0 heterocycles. The first-order chi connectivity index (χ1) is 7.61. The SMILES string of the molecule is COc1c(C(=O)CCCCl)ccc(C)c1C. The van der Waals surface area contributed by atoms with Crippen LogP contribution < -0.4 is 4.74 Å². The summed E-state index contributed by atoms with van der Waals surface area (Å²) in [7, 11) is 1.60. The van der Waals surface area contributed by atoms with Crippen LogP contribution in [0.1, 0.15) is 34.3 Å². The van der Waals surface area contributed by atoms with Gasteiger partial charge in [0.2, 0.25) is 0 Å². The molecule has 88 valence electrons. The van der Waals surface area contributed by atoms with Gasteiger partial charge in [-0.05, 0) is 37.5 Å². The van der Waals surface area contributed by atoms with E-state index in [0.717, 1.165) is 11.1 Å². The third-order valence-corrected chi connectivity index (χ3v) is 2.99. The van der Waals surface area contributed by atoms with E-state index in [1.54, 1.807) is 7.11 Å². The first-order valence-corrected chi connectivity index (χ1v) is 5.88. The van der Waals surface area contributed by atoms with E-state index < -0.39 is 0 Å². The van der Waals surface area contributed by atoms with Crippen molar-refractivity contribution in [3.63, 3.8) is 0 Å². The van der Waals surface area contributed by atoms with Gasteiger partial charge in [-0.2, -0.15) is 0 Å². The predicted octanol–water partition coefficient (Wildman–Crippen LogP) is 3.51. The molecule has 0 N–H and O–H groups in total. The summed E-state index contributed by atoms with van der Waals surface area (Å²) in [6.45, 7) is 3.97. The molecule has 0 spiro atoms. The first-order valence-electron chi connectivity index (χ1n) is 5.35. The molecule has 0 unspecified atom stereocenters. The highest BCUT2D eigenvalue weighted by Crippen LogP contribution is 2.27. The van der Waals surface area contributed by atoms with Crippen LogP contribution in [0.3, 0.4) is 0 Å². The normalized spacial score (nSPS) is 10.2. The van der Waals surface area contributed by atoms with Crippen molar-refractivity contribution in [2.45, 2.75) is 26.7 Å². The largest absolute Gasteiger partial charge is 0.496 e. The van der Waals surface area contributed by atoms with Crippen molar-refractivity contribution in [1.82, 2.24) is 0 Å². The Morgan fingerprint density at radius 2 is 2.06 bits per heavy atom. The molecule has 0 aliphatic carbocycles. The molecule has 0 radical (unpaired) electrons. The lowest BCUT2D eigenvalue weighted by atomic mass is 9.99. The van der Waals surface area contributed by atoms with Gasteiger partial charge >= 0.3 is 0 Å². The molecule has 0 amide bonds. The summed E-state index contributed by atoms with van der Waals surface area (Å²) in [5.74, 6) is 1.30. The van der Waals surface area contributed by atoms with Gasteiger partial charge < -0.3 is 4.74 Å². The molecule has 0 atom stereocenters. The molecule has 0 aliphatic heterocycles. The molecule has 3 heteroatoms. The number of hydrogen-bond acceptors (Lipinski definition) is 2. The molecule has 0 aromatic heterocycles. The van der Waals surface area contributed by atoms with E-state index in [2.05, 4.69) is 0 Å². The summed E-state index contributed by atoms with van der Waals surface area (Å²) in [4.78, 5) is 11.9. The molecule has 0 aliphatic rings. The van der Waals surface area contributed by atoms with Gasteiger partial charge in [-0.3, -0.25) is 4.79 Å². The highest BCUT2D eigenvalue weighted by atomic mass is 35.5. The number of Topliss-reactive ketones (excluding diaryl/α,β-unsaturated/α-hetero) is 1. The van der Waals surface area contributed by atoms with Crippen molar-refractivity contribution in [3.05, 3.63) is 28.8 Å². The van der Waals surface area contributed by atoms with Gasteiger partial charge in [-0.15, -0.1) is 11.6 Å². The molecule has 16 heavy (non-hydrogen) atoms. The molecule has 2 nitrogen and oxygen atoms in total. The van der Waals surface area contributed by atoms with Crippen LogP contribution in [-0.4, -0.2) is 18.8 Å². The lowest BCUT2D eigenvalue weighted by molar-refractivity contribution is 0.0979. The highest BCUT2D eigenvalue weighted by Gasteiger charge is 2.14. The molecule has 0 saturated heterocycles. The van der Waals surface area contributed by atoms with Gasteiger partial charge in [0.05, 0.1) is 12.7 Å². The van der Waals surface area contributed by atoms with E-state index in [9.17, 15) is 4.79 Å². The number of aryl methyl sites for hydroxylation is 1. The quantitative estimate of drug-likeness (QED) is 0.582. The van der Waals surface area contributed by atoms with Crippen LogP contribution in [0.2, 0.25) is 0 Å². The van der Waals surface area contributed by atoms with Crippen LogP contribution in [-0.2, 0) is 0 Å². The van der Waals surface area contributed by atoms with Crippen molar-refractivity contribution in [2.24, 2.45) is 0 Å². The number of hydrogen-bond donors (Lipinski definition) is 0. The Bertz CT molecular complexity index is 386. The Balaban J connectivity index is 3.04. The van der Waals surface area contributed by atoms with E-state index in [1.807, 2.05) is 26.0 Å². The number of methoxy groups -OCH3 is 1. The van der Waals surface area contributed by atoms with Gasteiger partial charge in [0, 0.05) is 12.3 Å². The summed E-state index contributed by atoms with van der Waals surface area (Å²) in [6.07, 6.45) is 1.18. The third-order valence-electron chi connectivity index (χ3n) is 2.72. The number of carbonyl (C=O) groups excluding carboxylic acids is 1. The fraction of sp³-hybridized carbons (Fsp3) is 0.462. The minimum atomic E-state index is 0.0978. The van der Waals surface area contributed by atoms with Gasteiger partial charge in [-0.1, -0.05) is 6.07 Å². The van der Waals surface area contributed by atoms with Crippen LogP contribution in [0.5, 0.6) is 5.75 Å². The number of alkyl halides is 1. The number of ketones is 1. The van der Waals surface area contributed by atoms with Crippen LogP contribution >= 0.6 is 11.6 Å². The zero-order valence-corrected chi connectivity index (χ0v) is 10.7. The van der Waals surface area contributed by atoms with Crippen molar-refractivity contribution in [1.29, 1.82) is 0 Å². The molecule has 1 rings (SSSR count). The monoisotopic (exact) mass is 240 g/mol. The fourth-order valence-corrected chi connectivity index (χ4v) is 1.77. The minimum Gasteiger partial charge on any atom is -0.496 e. The number of carbonyl (C=O) groups is 1. The minimum absolute atomic E-state index is 0.0978. The zero-order valence-electron chi connectivity index (χ0n) is 9.97. The van der Waals surface area contributed by atoms with E-state index >= 15 is 0 Å². The highest BCUT2D eigenvalue weighted by molar-refractivity contribution is 6.18. The molecule has 1 aromatic rings. The number of benzene rings is 1. The van der Waals surface area contributed by atoms with Crippen molar-refractivity contribution >= 4 is 17.4 Å². The average molecular weight is 241 g/mol. The second kappa shape index (κ2) is 5.90. The molecular formula is C13H17ClO2. The second-order valence-electron chi connectivity index (χ2n) is 3.80. The fourth-order valence-electron chi connectivity index (χ4n) is 1.63. The Morgan fingerprint density at radius 1 is 1.38 bits per heavy atom. The van der Waals surface area contributed by atoms with Gasteiger partial charge in [0.25, 0.3) is 0 Å². The Hall–Kier alpha value is -1.02. The summed E-state index contributed by atoms with van der Waals surface area (Å²) < 4.78 is 5.30. The molecular weight excluding hydrogens is 224 g/mol. The lowest BCUT2D eigenvalue weighted by Crippen LogP contribution is -2.04.